The van der Waals surface area contributed by atoms with Gasteiger partial charge in [0.2, 0.25) is 0 Å². The van der Waals surface area contributed by atoms with E-state index >= 15 is 0 Å². The maximum absolute atomic E-state index is 14.2. The van der Waals surface area contributed by atoms with Gasteiger partial charge in [0, 0.05) is 6.26 Å². The van der Waals surface area contributed by atoms with Gasteiger partial charge in [0.25, 0.3) is 0 Å². The second-order valence-corrected chi connectivity index (χ2v) is 7.22. The van der Waals surface area contributed by atoms with Gasteiger partial charge < -0.3 is 13.9 Å². The molecule has 8 nitrogen and oxygen atoms in total. The summed E-state index contributed by atoms with van der Waals surface area (Å²) in [7, 11) is -2.07. The Bertz CT molecular complexity index is 1100. The quantitative estimate of drug-likeness (QED) is 0.669. The molecule has 0 atom stereocenters. The van der Waals surface area contributed by atoms with Gasteiger partial charge in [-0.05, 0) is 42.5 Å². The topological polar surface area (TPSA) is 101 Å². The highest BCUT2D eigenvalue weighted by Crippen LogP contribution is 2.23. The van der Waals surface area contributed by atoms with Gasteiger partial charge in [-0.3, -0.25) is 0 Å². The summed E-state index contributed by atoms with van der Waals surface area (Å²) in [5.74, 6) is -0.997. The molecular weight excluding hydrogens is 367 g/mol. The van der Waals surface area contributed by atoms with Crippen LogP contribution in [0, 0.1) is 5.82 Å². The molecule has 0 amide bonds. The lowest BCUT2D eigenvalue weighted by molar-refractivity contribution is 0.319. The van der Waals surface area contributed by atoms with Crippen molar-refractivity contribution in [3.63, 3.8) is 0 Å². The molecule has 0 aliphatic rings. The van der Waals surface area contributed by atoms with E-state index in [1.54, 1.807) is 24.3 Å². The first-order chi connectivity index (χ1) is 12.3. The molecule has 0 spiro atoms. The Labute approximate surface area is 147 Å². The molecule has 3 rings (SSSR count). The summed E-state index contributed by atoms with van der Waals surface area (Å²) in [6, 6.07) is 9.49. The molecule has 136 valence electrons. The van der Waals surface area contributed by atoms with E-state index in [-0.39, 0.29) is 10.6 Å². The van der Waals surface area contributed by atoms with Gasteiger partial charge in [-0.15, -0.1) is 0 Å². The van der Waals surface area contributed by atoms with Crippen LogP contribution in [0.5, 0.6) is 17.6 Å². The number of hydrogen-bond donors (Lipinski definition) is 0. The normalized spacial score (nSPS) is 11.3. The number of sulfone groups is 1. The lowest BCUT2D eigenvalue weighted by atomic mass is 10.3. The molecule has 0 fully saturated rings. The third kappa shape index (κ3) is 3.59. The van der Waals surface area contributed by atoms with Gasteiger partial charge in [-0.2, -0.15) is 4.68 Å². The molecule has 0 unspecified atom stereocenters. The van der Waals surface area contributed by atoms with Crippen LogP contribution in [0.15, 0.2) is 56.6 Å². The fourth-order valence-corrected chi connectivity index (χ4v) is 2.72. The average Bonchev–Trinajstić information content (AvgIpc) is 2.94. The summed E-state index contributed by atoms with van der Waals surface area (Å²) in [5, 5.41) is 3.77. The molecule has 0 aliphatic heterocycles. The maximum Gasteiger partial charge on any atom is 0.444 e. The van der Waals surface area contributed by atoms with Crippen LogP contribution in [-0.4, -0.2) is 31.6 Å². The van der Waals surface area contributed by atoms with Crippen molar-refractivity contribution in [2.75, 3.05) is 13.4 Å². The van der Waals surface area contributed by atoms with Crippen LogP contribution < -0.4 is 15.2 Å². The van der Waals surface area contributed by atoms with E-state index in [1.165, 1.54) is 13.2 Å². The predicted octanol–water partition coefficient (Wildman–Crippen LogP) is 2.17. The second kappa shape index (κ2) is 6.64. The number of halogens is 1. The molecule has 0 saturated heterocycles. The molecule has 26 heavy (non-hydrogen) atoms. The monoisotopic (exact) mass is 380 g/mol. The Morgan fingerprint density at radius 1 is 1.12 bits per heavy atom. The lowest BCUT2D eigenvalue weighted by Gasteiger charge is -2.03. The summed E-state index contributed by atoms with van der Waals surface area (Å²) >= 11 is 0. The number of hydrogen-bond acceptors (Lipinski definition) is 7. The molecule has 0 N–H and O–H groups in total. The zero-order valence-corrected chi connectivity index (χ0v) is 14.5. The van der Waals surface area contributed by atoms with E-state index in [0.717, 1.165) is 18.4 Å². The van der Waals surface area contributed by atoms with Gasteiger partial charge in [0.05, 0.1) is 12.0 Å². The van der Waals surface area contributed by atoms with Crippen molar-refractivity contribution >= 4 is 9.84 Å². The van der Waals surface area contributed by atoms with Crippen molar-refractivity contribution in [2.24, 2.45) is 0 Å². The number of benzene rings is 2. The first-order valence-electron chi connectivity index (χ1n) is 7.20. The summed E-state index contributed by atoms with van der Waals surface area (Å²) in [6.45, 7) is 0. The molecule has 2 aromatic carbocycles. The summed E-state index contributed by atoms with van der Waals surface area (Å²) < 4.78 is 52.9. The van der Waals surface area contributed by atoms with Gasteiger partial charge in [-0.25, -0.2) is 17.6 Å². The molecule has 10 heteroatoms. The summed E-state index contributed by atoms with van der Waals surface area (Å²) in [5.41, 5.74) is -0.268. The van der Waals surface area contributed by atoms with Gasteiger partial charge in [-0.1, -0.05) is 5.10 Å². The molecule has 0 aliphatic carbocycles. The number of ether oxygens (including phenoxy) is 2. The second-order valence-electron chi connectivity index (χ2n) is 5.21. The van der Waals surface area contributed by atoms with Crippen molar-refractivity contribution in [3.05, 3.63) is 58.8 Å². The van der Waals surface area contributed by atoms with Crippen LogP contribution in [0.4, 0.5) is 4.39 Å². The summed E-state index contributed by atoms with van der Waals surface area (Å²) in [6.07, 6.45) is 0.552. The van der Waals surface area contributed by atoms with E-state index in [1.807, 2.05) is 0 Å². The van der Waals surface area contributed by atoms with Gasteiger partial charge in [0.15, 0.2) is 9.84 Å². The third-order valence-corrected chi connectivity index (χ3v) is 4.48. The molecule has 0 radical (unpaired) electrons. The van der Waals surface area contributed by atoms with Crippen molar-refractivity contribution in [3.8, 4) is 23.3 Å². The number of nitrogens with zero attached hydrogens (tertiary/aromatic N) is 2. The Morgan fingerprint density at radius 2 is 1.77 bits per heavy atom. The van der Waals surface area contributed by atoms with E-state index < -0.39 is 27.5 Å². The largest absolute Gasteiger partial charge is 0.497 e. The van der Waals surface area contributed by atoms with Crippen LogP contribution in [0.25, 0.3) is 5.69 Å². The van der Waals surface area contributed by atoms with Crippen molar-refractivity contribution in [2.45, 2.75) is 4.90 Å². The molecule has 1 aromatic heterocycles. The van der Waals surface area contributed by atoms with Gasteiger partial charge >= 0.3 is 11.8 Å². The Kier molecular flexibility index (Phi) is 4.51. The smallest absolute Gasteiger partial charge is 0.444 e. The minimum absolute atomic E-state index is 0.218. The van der Waals surface area contributed by atoms with E-state index in [9.17, 15) is 17.6 Å². The Morgan fingerprint density at radius 3 is 2.35 bits per heavy atom. The minimum Gasteiger partial charge on any atom is -0.497 e. The number of rotatable bonds is 5. The first kappa shape index (κ1) is 17.7. The van der Waals surface area contributed by atoms with Crippen LogP contribution in [0.2, 0.25) is 0 Å². The number of aromatic nitrogens is 2. The average molecular weight is 380 g/mol. The van der Waals surface area contributed by atoms with Crippen LogP contribution >= 0.6 is 0 Å². The molecule has 3 aromatic rings. The van der Waals surface area contributed by atoms with Crippen LogP contribution in [-0.2, 0) is 9.84 Å². The zero-order valence-electron chi connectivity index (χ0n) is 13.7. The minimum atomic E-state index is -3.58. The first-order valence-corrected chi connectivity index (χ1v) is 9.09. The van der Waals surface area contributed by atoms with Crippen molar-refractivity contribution in [1.29, 1.82) is 0 Å². The lowest BCUT2D eigenvalue weighted by Crippen LogP contribution is -2.15. The maximum atomic E-state index is 14.2. The summed E-state index contributed by atoms with van der Waals surface area (Å²) in [4.78, 5) is 11.7. The third-order valence-electron chi connectivity index (χ3n) is 3.37. The molecule has 1 heterocycles. The standard InChI is InChI=1S/C16H13FN2O6S/c1-23-10-3-5-11(6-4-10)24-15-18-19(16(20)25-15)14-8-7-12(9-13(14)17)26(2,21)22/h3-9H,1-2H3. The Balaban J connectivity index is 1.92. The predicted molar refractivity (Wildman–Crippen MR) is 88.2 cm³/mol. The SMILES string of the molecule is COc1ccc(Oc2nn(-c3ccc(S(C)(=O)=O)cc3F)c(=O)o2)cc1. The van der Waals surface area contributed by atoms with Crippen LogP contribution in [0.1, 0.15) is 0 Å². The highest BCUT2D eigenvalue weighted by atomic mass is 32.2. The van der Waals surface area contributed by atoms with Crippen molar-refractivity contribution < 1.29 is 26.7 Å². The number of methoxy groups -OCH3 is 1. The van der Waals surface area contributed by atoms with Crippen LogP contribution in [0.3, 0.4) is 0 Å². The highest BCUT2D eigenvalue weighted by molar-refractivity contribution is 7.90. The highest BCUT2D eigenvalue weighted by Gasteiger charge is 2.17. The fraction of sp³-hybridized carbons (Fsp3) is 0.125. The van der Waals surface area contributed by atoms with E-state index in [4.69, 9.17) is 13.9 Å². The van der Waals surface area contributed by atoms with E-state index in [0.29, 0.717) is 16.2 Å². The van der Waals surface area contributed by atoms with Crippen molar-refractivity contribution in [1.82, 2.24) is 9.78 Å². The molecule has 0 saturated carbocycles. The van der Waals surface area contributed by atoms with E-state index in [2.05, 4.69) is 5.10 Å². The molecule has 0 bridgehead atoms. The fourth-order valence-electron chi connectivity index (χ4n) is 2.09. The van der Waals surface area contributed by atoms with Gasteiger partial charge in [0.1, 0.15) is 23.0 Å². The zero-order chi connectivity index (χ0) is 18.9. The Hall–Kier alpha value is -3.14. The molecular formula is C16H13FN2O6S.